The normalized spacial score (nSPS) is 10.5. The molecule has 0 bridgehead atoms. The molecule has 1 heterocycles. The predicted octanol–water partition coefficient (Wildman–Crippen LogP) is 4.25. The molecule has 2 amide bonds. The van der Waals surface area contributed by atoms with E-state index in [0.29, 0.717) is 39.5 Å². The molecule has 0 saturated heterocycles. The molecule has 0 fully saturated rings. The van der Waals surface area contributed by atoms with Crippen LogP contribution in [-0.4, -0.2) is 37.3 Å². The topological polar surface area (TPSA) is 132 Å². The third kappa shape index (κ3) is 6.42. The molecule has 34 heavy (non-hydrogen) atoms. The van der Waals surface area contributed by atoms with Crippen molar-refractivity contribution < 1.29 is 14.5 Å². The fourth-order valence-corrected chi connectivity index (χ4v) is 3.94. The van der Waals surface area contributed by atoms with E-state index in [0.717, 1.165) is 11.8 Å². The Hall–Kier alpha value is -3.70. The first-order chi connectivity index (χ1) is 16.3. The molecule has 12 heteroatoms. The van der Waals surface area contributed by atoms with Crippen molar-refractivity contribution in [2.45, 2.75) is 25.0 Å². The molecule has 0 saturated carbocycles. The van der Waals surface area contributed by atoms with Crippen molar-refractivity contribution in [3.05, 3.63) is 81.6 Å². The van der Waals surface area contributed by atoms with E-state index >= 15 is 0 Å². The number of hydrogen-bond donors (Lipinski definition) is 2. The van der Waals surface area contributed by atoms with Crippen LogP contribution in [0.15, 0.2) is 60.3 Å². The van der Waals surface area contributed by atoms with Gasteiger partial charge in [0.2, 0.25) is 11.8 Å². The highest BCUT2D eigenvalue weighted by molar-refractivity contribution is 7.99. The van der Waals surface area contributed by atoms with E-state index in [1.807, 2.05) is 0 Å². The van der Waals surface area contributed by atoms with E-state index in [1.54, 1.807) is 41.8 Å². The summed E-state index contributed by atoms with van der Waals surface area (Å²) in [7, 11) is 0. The minimum absolute atomic E-state index is 0.0253. The summed E-state index contributed by atoms with van der Waals surface area (Å²) in [5.41, 5.74) is 1.51. The monoisotopic (exact) mass is 500 g/mol. The number of nitrogens with zero attached hydrogens (tertiary/aromatic N) is 4. The van der Waals surface area contributed by atoms with Crippen LogP contribution in [-0.2, 0) is 22.6 Å². The highest BCUT2D eigenvalue weighted by atomic mass is 35.5. The zero-order valence-corrected chi connectivity index (χ0v) is 19.7. The molecular weight excluding hydrogens is 480 g/mol. The standard InChI is InChI=1S/C22H21ClN6O4S/c1-3-10-28-19(12-20(30)25-18-7-5-4-6-16(18)23)26-27-22(28)34-13-21(31)24-17-9-8-15(29(32)33)11-14(17)2/h3-9,11H,1,10,12-13H2,2H3,(H,24,31)(H,25,30). The minimum Gasteiger partial charge on any atom is -0.325 e. The summed E-state index contributed by atoms with van der Waals surface area (Å²) < 4.78 is 1.70. The highest BCUT2D eigenvalue weighted by Crippen LogP contribution is 2.23. The number of rotatable bonds is 10. The molecule has 10 nitrogen and oxygen atoms in total. The first-order valence-electron chi connectivity index (χ1n) is 10.0. The van der Waals surface area contributed by atoms with Gasteiger partial charge in [-0.3, -0.25) is 19.7 Å². The van der Waals surface area contributed by atoms with Gasteiger partial charge >= 0.3 is 0 Å². The smallest absolute Gasteiger partial charge is 0.269 e. The van der Waals surface area contributed by atoms with Gasteiger partial charge in [-0.05, 0) is 30.7 Å². The molecule has 0 radical (unpaired) electrons. The molecule has 1 aromatic heterocycles. The first kappa shape index (κ1) is 24.9. The lowest BCUT2D eigenvalue weighted by Crippen LogP contribution is -2.18. The van der Waals surface area contributed by atoms with Gasteiger partial charge in [-0.25, -0.2) is 0 Å². The van der Waals surface area contributed by atoms with Crippen molar-refractivity contribution in [1.82, 2.24) is 14.8 Å². The zero-order chi connectivity index (χ0) is 24.7. The number of amides is 2. The Labute approximate surface area is 204 Å². The Balaban J connectivity index is 1.63. The average molecular weight is 501 g/mol. The number of aromatic nitrogens is 3. The second kappa shape index (κ2) is 11.4. The zero-order valence-electron chi connectivity index (χ0n) is 18.2. The number of anilines is 2. The number of carbonyl (C=O) groups is 2. The molecule has 2 aromatic carbocycles. The average Bonchev–Trinajstić information content (AvgIpc) is 3.16. The Morgan fingerprint density at radius 2 is 1.91 bits per heavy atom. The van der Waals surface area contributed by atoms with E-state index in [2.05, 4.69) is 27.4 Å². The molecule has 0 aliphatic heterocycles. The van der Waals surface area contributed by atoms with Gasteiger partial charge in [0.05, 0.1) is 27.8 Å². The maximum Gasteiger partial charge on any atom is 0.269 e. The van der Waals surface area contributed by atoms with Crippen molar-refractivity contribution in [3.63, 3.8) is 0 Å². The van der Waals surface area contributed by atoms with Crippen LogP contribution in [0.5, 0.6) is 0 Å². The number of aryl methyl sites for hydroxylation is 1. The third-order valence-electron chi connectivity index (χ3n) is 4.60. The molecule has 2 N–H and O–H groups in total. The molecule has 0 spiro atoms. The number of para-hydroxylation sites is 1. The Morgan fingerprint density at radius 1 is 1.18 bits per heavy atom. The number of halogens is 1. The summed E-state index contributed by atoms with van der Waals surface area (Å²) in [5.74, 6) is -0.183. The molecule has 176 valence electrons. The van der Waals surface area contributed by atoms with Crippen LogP contribution in [0.2, 0.25) is 5.02 Å². The van der Waals surface area contributed by atoms with Crippen LogP contribution in [0, 0.1) is 17.0 Å². The first-order valence-corrected chi connectivity index (χ1v) is 11.4. The van der Waals surface area contributed by atoms with Crippen molar-refractivity contribution in [2.24, 2.45) is 0 Å². The summed E-state index contributed by atoms with van der Waals surface area (Å²) in [6, 6.07) is 11.1. The van der Waals surface area contributed by atoms with Crippen LogP contribution >= 0.6 is 23.4 Å². The SMILES string of the molecule is C=CCn1c(CC(=O)Nc2ccccc2Cl)nnc1SCC(=O)Nc1ccc([N+](=O)[O-])cc1C. The van der Waals surface area contributed by atoms with Gasteiger partial charge in [0.25, 0.3) is 5.69 Å². The molecule has 0 aliphatic carbocycles. The lowest BCUT2D eigenvalue weighted by molar-refractivity contribution is -0.384. The Morgan fingerprint density at radius 3 is 2.59 bits per heavy atom. The van der Waals surface area contributed by atoms with Gasteiger partial charge in [0, 0.05) is 24.4 Å². The fourth-order valence-electron chi connectivity index (χ4n) is 2.99. The number of non-ortho nitro benzene ring substituents is 1. The fraction of sp³-hybridized carbons (Fsp3) is 0.182. The van der Waals surface area contributed by atoms with Gasteiger partial charge in [0.15, 0.2) is 5.16 Å². The third-order valence-corrected chi connectivity index (χ3v) is 5.90. The second-order valence-electron chi connectivity index (χ2n) is 7.10. The maximum atomic E-state index is 12.5. The van der Waals surface area contributed by atoms with Gasteiger partial charge in [0.1, 0.15) is 5.82 Å². The van der Waals surface area contributed by atoms with Gasteiger partial charge < -0.3 is 15.2 Å². The van der Waals surface area contributed by atoms with E-state index in [1.165, 1.54) is 18.2 Å². The Kier molecular flexibility index (Phi) is 8.39. The summed E-state index contributed by atoms with van der Waals surface area (Å²) in [6.07, 6.45) is 1.60. The van der Waals surface area contributed by atoms with E-state index in [-0.39, 0.29) is 29.7 Å². The number of thioether (sulfide) groups is 1. The van der Waals surface area contributed by atoms with Crippen LogP contribution in [0.25, 0.3) is 0 Å². The summed E-state index contributed by atoms with van der Waals surface area (Å²) in [5, 5.41) is 25.4. The van der Waals surface area contributed by atoms with Gasteiger partial charge in [-0.1, -0.05) is 41.6 Å². The van der Waals surface area contributed by atoms with E-state index in [9.17, 15) is 19.7 Å². The quantitative estimate of drug-likeness (QED) is 0.184. The predicted molar refractivity (Wildman–Crippen MR) is 131 cm³/mol. The number of allylic oxidation sites excluding steroid dienone is 1. The summed E-state index contributed by atoms with van der Waals surface area (Å²) >= 11 is 7.24. The highest BCUT2D eigenvalue weighted by Gasteiger charge is 2.17. The molecule has 3 rings (SSSR count). The molecule has 0 unspecified atom stereocenters. The van der Waals surface area contributed by atoms with Crippen molar-refractivity contribution in [3.8, 4) is 0 Å². The van der Waals surface area contributed by atoms with E-state index in [4.69, 9.17) is 11.6 Å². The largest absolute Gasteiger partial charge is 0.325 e. The summed E-state index contributed by atoms with van der Waals surface area (Å²) in [6.45, 7) is 5.76. The number of benzene rings is 2. The number of nitro benzene ring substituents is 1. The molecule has 3 aromatic rings. The lowest BCUT2D eigenvalue weighted by Gasteiger charge is -2.10. The molecule has 0 atom stereocenters. The number of nitrogens with one attached hydrogen (secondary N) is 2. The number of hydrogen-bond acceptors (Lipinski definition) is 7. The van der Waals surface area contributed by atoms with Crippen LogP contribution in [0.1, 0.15) is 11.4 Å². The maximum absolute atomic E-state index is 12.5. The molecule has 0 aliphatic rings. The van der Waals surface area contributed by atoms with Gasteiger partial charge in [-0.15, -0.1) is 16.8 Å². The number of carbonyl (C=O) groups excluding carboxylic acids is 2. The number of nitro groups is 1. The van der Waals surface area contributed by atoms with Crippen molar-refractivity contribution >= 4 is 52.2 Å². The van der Waals surface area contributed by atoms with Crippen molar-refractivity contribution in [2.75, 3.05) is 16.4 Å². The van der Waals surface area contributed by atoms with Crippen LogP contribution in [0.4, 0.5) is 17.1 Å². The summed E-state index contributed by atoms with van der Waals surface area (Å²) in [4.78, 5) is 35.3. The van der Waals surface area contributed by atoms with Gasteiger partial charge in [-0.2, -0.15) is 0 Å². The van der Waals surface area contributed by atoms with Crippen LogP contribution < -0.4 is 10.6 Å². The van der Waals surface area contributed by atoms with Crippen molar-refractivity contribution in [1.29, 1.82) is 0 Å². The van der Waals surface area contributed by atoms with E-state index < -0.39 is 4.92 Å². The second-order valence-corrected chi connectivity index (χ2v) is 8.45. The molecular formula is C22H21ClN6O4S. The Bertz CT molecular complexity index is 1250. The van der Waals surface area contributed by atoms with Crippen LogP contribution in [0.3, 0.4) is 0 Å². The lowest BCUT2D eigenvalue weighted by atomic mass is 10.2. The minimum atomic E-state index is -0.493.